The molecule has 0 fully saturated rings. The molecule has 3 N–H and O–H groups in total. The molecule has 1 atom stereocenters. The average Bonchev–Trinajstić information content (AvgIpc) is 2.34. The van der Waals surface area contributed by atoms with E-state index in [1.807, 2.05) is 13.8 Å². The zero-order valence-corrected chi connectivity index (χ0v) is 11.3. The molecule has 8 heteroatoms. The number of carbonyl (C=O) groups is 1. The third-order valence-electron chi connectivity index (χ3n) is 2.65. The van der Waals surface area contributed by atoms with Crippen LogP contribution < -0.4 is 11.1 Å². The van der Waals surface area contributed by atoms with Crippen molar-refractivity contribution in [3.8, 4) is 0 Å². The Kier molecular flexibility index (Phi) is 5.20. The van der Waals surface area contributed by atoms with Crippen molar-refractivity contribution in [3.63, 3.8) is 0 Å². The van der Waals surface area contributed by atoms with Gasteiger partial charge < -0.3 is 11.1 Å². The molecule has 1 aromatic heterocycles. The van der Waals surface area contributed by atoms with E-state index in [9.17, 15) is 14.9 Å². The van der Waals surface area contributed by atoms with Gasteiger partial charge in [-0.15, -0.1) is 0 Å². The van der Waals surface area contributed by atoms with Gasteiger partial charge in [-0.05, 0) is 12.0 Å². The summed E-state index contributed by atoms with van der Waals surface area (Å²) in [7, 11) is 0. The van der Waals surface area contributed by atoms with Crippen molar-refractivity contribution in [3.05, 3.63) is 33.1 Å². The second-order valence-corrected chi connectivity index (χ2v) is 4.79. The molecular weight excluding hydrogens is 272 g/mol. The fraction of sp³-hybridized carbons (Fsp3) is 0.455. The lowest BCUT2D eigenvalue weighted by atomic mass is 10.1. The standard InChI is InChI=1S/C11H15ClN4O3/c1-6(2)8(13)4-15-11(17)7-3-10(12)14-5-9(7)16(18)19/h3,5-6,8H,4,13H2,1-2H3,(H,15,17). The Bertz CT molecular complexity index is 493. The first-order valence-electron chi connectivity index (χ1n) is 5.66. The predicted octanol–water partition coefficient (Wildman–Crippen LogP) is 1.36. The Balaban J connectivity index is 2.87. The number of rotatable bonds is 5. The minimum atomic E-state index is -0.680. The Morgan fingerprint density at radius 1 is 1.63 bits per heavy atom. The van der Waals surface area contributed by atoms with Crippen molar-refractivity contribution in [2.45, 2.75) is 19.9 Å². The van der Waals surface area contributed by atoms with Gasteiger partial charge >= 0.3 is 0 Å². The summed E-state index contributed by atoms with van der Waals surface area (Å²) in [5.41, 5.74) is 5.27. The van der Waals surface area contributed by atoms with Gasteiger partial charge in [0.05, 0.1) is 4.92 Å². The van der Waals surface area contributed by atoms with Gasteiger partial charge in [-0.1, -0.05) is 25.4 Å². The quantitative estimate of drug-likeness (QED) is 0.482. The first-order chi connectivity index (χ1) is 8.82. The summed E-state index contributed by atoms with van der Waals surface area (Å²) in [6.07, 6.45) is 0.958. The van der Waals surface area contributed by atoms with Crippen LogP contribution in [0.1, 0.15) is 24.2 Å². The molecule has 1 unspecified atom stereocenters. The molecule has 0 spiro atoms. The molecule has 0 aliphatic rings. The molecule has 0 aliphatic heterocycles. The molecule has 0 radical (unpaired) electrons. The van der Waals surface area contributed by atoms with Crippen molar-refractivity contribution in [2.75, 3.05) is 6.54 Å². The highest BCUT2D eigenvalue weighted by atomic mass is 35.5. The maximum atomic E-state index is 11.9. The number of nitrogens with two attached hydrogens (primary N) is 1. The average molecular weight is 287 g/mol. The number of hydrogen-bond donors (Lipinski definition) is 2. The zero-order valence-electron chi connectivity index (χ0n) is 10.6. The molecule has 19 heavy (non-hydrogen) atoms. The van der Waals surface area contributed by atoms with E-state index in [1.54, 1.807) is 0 Å². The second kappa shape index (κ2) is 6.44. The SMILES string of the molecule is CC(C)C(N)CNC(=O)c1cc(Cl)ncc1[N+](=O)[O-]. The second-order valence-electron chi connectivity index (χ2n) is 4.40. The van der Waals surface area contributed by atoms with E-state index in [4.69, 9.17) is 17.3 Å². The number of hydrogen-bond acceptors (Lipinski definition) is 5. The van der Waals surface area contributed by atoms with Crippen LogP contribution in [-0.4, -0.2) is 28.4 Å². The highest BCUT2D eigenvalue weighted by molar-refractivity contribution is 6.29. The largest absolute Gasteiger partial charge is 0.350 e. The van der Waals surface area contributed by atoms with Gasteiger partial charge in [0, 0.05) is 12.6 Å². The van der Waals surface area contributed by atoms with Gasteiger partial charge in [-0.3, -0.25) is 14.9 Å². The van der Waals surface area contributed by atoms with Crippen molar-refractivity contribution < 1.29 is 9.72 Å². The summed E-state index contributed by atoms with van der Waals surface area (Å²) < 4.78 is 0. The molecule has 0 aliphatic carbocycles. The number of amides is 1. The molecule has 0 saturated carbocycles. The first-order valence-corrected chi connectivity index (χ1v) is 6.04. The lowest BCUT2D eigenvalue weighted by molar-refractivity contribution is -0.385. The van der Waals surface area contributed by atoms with Crippen LogP contribution in [0.2, 0.25) is 5.15 Å². The topological polar surface area (TPSA) is 111 Å². The third kappa shape index (κ3) is 4.15. The summed E-state index contributed by atoms with van der Waals surface area (Å²) >= 11 is 5.64. The number of pyridine rings is 1. The summed E-state index contributed by atoms with van der Waals surface area (Å²) in [4.78, 5) is 25.6. The number of aromatic nitrogens is 1. The van der Waals surface area contributed by atoms with Crippen LogP contribution in [0.4, 0.5) is 5.69 Å². The first kappa shape index (κ1) is 15.3. The van der Waals surface area contributed by atoms with Gasteiger partial charge in [0.15, 0.2) is 0 Å². The van der Waals surface area contributed by atoms with Crippen LogP contribution in [-0.2, 0) is 0 Å². The van der Waals surface area contributed by atoms with Gasteiger partial charge in [-0.2, -0.15) is 0 Å². The smallest absolute Gasteiger partial charge is 0.300 e. The number of nitrogens with zero attached hydrogens (tertiary/aromatic N) is 2. The minimum absolute atomic E-state index is 0.0175. The van der Waals surface area contributed by atoms with Crippen LogP contribution in [0.15, 0.2) is 12.3 Å². The molecule has 0 aromatic carbocycles. The van der Waals surface area contributed by atoms with Crippen molar-refractivity contribution in [1.29, 1.82) is 0 Å². The van der Waals surface area contributed by atoms with Crippen molar-refractivity contribution in [1.82, 2.24) is 10.3 Å². The van der Waals surface area contributed by atoms with Gasteiger partial charge in [0.25, 0.3) is 11.6 Å². The van der Waals surface area contributed by atoms with E-state index in [-0.39, 0.29) is 34.9 Å². The summed E-state index contributed by atoms with van der Waals surface area (Å²) in [6.45, 7) is 4.07. The molecule has 7 nitrogen and oxygen atoms in total. The van der Waals surface area contributed by atoms with E-state index in [2.05, 4.69) is 10.3 Å². The fourth-order valence-electron chi connectivity index (χ4n) is 1.29. The molecule has 1 amide bonds. The molecule has 1 aromatic rings. The van der Waals surface area contributed by atoms with Crippen LogP contribution in [0.5, 0.6) is 0 Å². The maximum Gasteiger partial charge on any atom is 0.300 e. The highest BCUT2D eigenvalue weighted by Crippen LogP contribution is 2.20. The Labute approximate surface area is 115 Å². The molecule has 0 bridgehead atoms. The highest BCUT2D eigenvalue weighted by Gasteiger charge is 2.21. The number of carbonyl (C=O) groups excluding carboxylic acids is 1. The van der Waals surface area contributed by atoms with E-state index < -0.39 is 10.8 Å². The van der Waals surface area contributed by atoms with Crippen LogP contribution in [0.25, 0.3) is 0 Å². The Morgan fingerprint density at radius 3 is 2.79 bits per heavy atom. The lowest BCUT2D eigenvalue weighted by Gasteiger charge is -2.16. The van der Waals surface area contributed by atoms with Crippen molar-refractivity contribution in [2.24, 2.45) is 11.7 Å². The van der Waals surface area contributed by atoms with Gasteiger partial charge in [0.1, 0.15) is 16.9 Å². The lowest BCUT2D eigenvalue weighted by Crippen LogP contribution is -2.40. The van der Waals surface area contributed by atoms with Gasteiger partial charge in [-0.25, -0.2) is 4.98 Å². The molecule has 1 heterocycles. The zero-order chi connectivity index (χ0) is 14.6. The van der Waals surface area contributed by atoms with E-state index in [1.165, 1.54) is 0 Å². The molecule has 104 valence electrons. The van der Waals surface area contributed by atoms with Crippen LogP contribution in [0.3, 0.4) is 0 Å². The number of nitro groups is 1. The predicted molar refractivity (Wildman–Crippen MR) is 71.0 cm³/mol. The number of nitrogens with one attached hydrogen (secondary N) is 1. The molecular formula is C11H15ClN4O3. The van der Waals surface area contributed by atoms with E-state index >= 15 is 0 Å². The monoisotopic (exact) mass is 286 g/mol. The third-order valence-corrected chi connectivity index (χ3v) is 2.85. The fourth-order valence-corrected chi connectivity index (χ4v) is 1.45. The summed E-state index contributed by atoms with van der Waals surface area (Å²) in [6, 6.07) is 0.941. The van der Waals surface area contributed by atoms with Crippen LogP contribution in [0, 0.1) is 16.0 Å². The minimum Gasteiger partial charge on any atom is -0.350 e. The Morgan fingerprint density at radius 2 is 2.26 bits per heavy atom. The van der Waals surface area contributed by atoms with E-state index in [0.717, 1.165) is 12.3 Å². The van der Waals surface area contributed by atoms with Gasteiger partial charge in [0.2, 0.25) is 0 Å². The Hall–Kier alpha value is -1.73. The normalized spacial score (nSPS) is 12.3. The van der Waals surface area contributed by atoms with E-state index in [0.29, 0.717) is 0 Å². The van der Waals surface area contributed by atoms with Crippen molar-refractivity contribution >= 4 is 23.2 Å². The summed E-state index contributed by atoms with van der Waals surface area (Å²) in [5, 5.41) is 13.4. The molecule has 1 rings (SSSR count). The van der Waals surface area contributed by atoms with Crippen LogP contribution >= 0.6 is 11.6 Å². The number of halogens is 1. The summed E-state index contributed by atoms with van der Waals surface area (Å²) in [5.74, 6) is -0.400. The maximum absolute atomic E-state index is 11.9. The molecule has 0 saturated heterocycles.